The molecule has 5 N–H and O–H groups in total. The fourth-order valence-corrected chi connectivity index (χ4v) is 2.01. The zero-order valence-electron chi connectivity index (χ0n) is 10.0. The van der Waals surface area contributed by atoms with Gasteiger partial charge < -0.3 is 25.8 Å². The first-order chi connectivity index (χ1) is 8.72. The molecule has 2 heterocycles. The lowest BCUT2D eigenvalue weighted by Gasteiger charge is -2.27. The van der Waals surface area contributed by atoms with Gasteiger partial charge in [0.05, 0.1) is 0 Å². The van der Waals surface area contributed by atoms with E-state index in [0.29, 0.717) is 0 Å². The maximum Gasteiger partial charge on any atom is 0.351 e. The molecule has 1 aromatic rings. The van der Waals surface area contributed by atoms with Gasteiger partial charge in [0, 0.05) is 6.20 Å². The molecular formula is C10H14FN3O5. The first kappa shape index (κ1) is 13.9. The lowest BCUT2D eigenvalue weighted by molar-refractivity contribution is -0.207. The van der Waals surface area contributed by atoms with E-state index in [1.54, 1.807) is 0 Å². The number of nitrogens with two attached hydrogens (primary N) is 1. The van der Waals surface area contributed by atoms with Crippen molar-refractivity contribution in [2.24, 2.45) is 0 Å². The summed E-state index contributed by atoms with van der Waals surface area (Å²) in [6, 6.07) is 1.25. The van der Waals surface area contributed by atoms with E-state index in [0.717, 1.165) is 17.7 Å². The normalized spacial score (nSPS) is 38.6. The number of hydrogen-bond acceptors (Lipinski definition) is 7. The molecule has 1 aliphatic heterocycles. The molecule has 4 atom stereocenters. The van der Waals surface area contributed by atoms with E-state index in [1.165, 1.54) is 6.07 Å². The molecule has 1 saturated heterocycles. The van der Waals surface area contributed by atoms with Gasteiger partial charge >= 0.3 is 5.69 Å². The molecule has 0 aliphatic carbocycles. The molecular weight excluding hydrogens is 261 g/mol. The van der Waals surface area contributed by atoms with Gasteiger partial charge in [-0.2, -0.15) is 4.98 Å². The van der Waals surface area contributed by atoms with Crippen molar-refractivity contribution in [3.05, 3.63) is 22.7 Å². The molecule has 8 nitrogen and oxygen atoms in total. The Morgan fingerprint density at radius 2 is 2.32 bits per heavy atom. The van der Waals surface area contributed by atoms with Crippen LogP contribution in [0.3, 0.4) is 0 Å². The van der Waals surface area contributed by atoms with Crippen molar-refractivity contribution in [2.75, 3.05) is 12.3 Å². The second kappa shape index (κ2) is 4.23. The number of halogens is 1. The zero-order chi connectivity index (χ0) is 14.4. The van der Waals surface area contributed by atoms with Gasteiger partial charge in [-0.05, 0) is 13.0 Å². The van der Waals surface area contributed by atoms with Gasteiger partial charge in [0.1, 0.15) is 24.1 Å². The van der Waals surface area contributed by atoms with Crippen molar-refractivity contribution in [2.45, 2.75) is 30.7 Å². The molecule has 9 heteroatoms. The summed E-state index contributed by atoms with van der Waals surface area (Å²) in [6.07, 6.45) is -2.42. The summed E-state index contributed by atoms with van der Waals surface area (Å²) in [6.45, 7) is -0.0832. The highest BCUT2D eigenvalue weighted by molar-refractivity contribution is 5.24. The van der Waals surface area contributed by atoms with Crippen LogP contribution in [-0.4, -0.2) is 49.0 Å². The molecule has 0 saturated carbocycles. The third-order valence-corrected chi connectivity index (χ3v) is 3.09. The second-order valence-corrected chi connectivity index (χ2v) is 4.59. The van der Waals surface area contributed by atoms with Crippen LogP contribution >= 0.6 is 0 Å². The van der Waals surface area contributed by atoms with Crippen LogP contribution in [-0.2, 0) is 4.74 Å². The average Bonchev–Trinajstić information content (AvgIpc) is 2.51. The van der Waals surface area contributed by atoms with Crippen LogP contribution in [0.2, 0.25) is 0 Å². The van der Waals surface area contributed by atoms with E-state index in [1.807, 2.05) is 0 Å². The Balaban J connectivity index is 2.48. The number of aliphatic hydroxyl groups excluding tert-OH is 2. The predicted molar refractivity (Wildman–Crippen MR) is 60.6 cm³/mol. The highest BCUT2D eigenvalue weighted by atomic mass is 19.2. The molecule has 19 heavy (non-hydrogen) atoms. The summed E-state index contributed by atoms with van der Waals surface area (Å²) in [5, 5.41) is 28.7. The Labute approximate surface area is 106 Å². The molecule has 1 aromatic heterocycles. The number of nitrogen functional groups attached to an aromatic ring is 1. The number of alkyl halides is 1. The molecule has 1 fully saturated rings. The average molecular weight is 275 g/mol. The Morgan fingerprint density at radius 1 is 1.68 bits per heavy atom. The van der Waals surface area contributed by atoms with Gasteiger partial charge in [0.2, 0.25) is 0 Å². The molecule has 1 unspecified atom stereocenters. The van der Waals surface area contributed by atoms with Crippen molar-refractivity contribution < 1.29 is 24.4 Å². The minimum atomic E-state index is -2.87. The van der Waals surface area contributed by atoms with Crippen LogP contribution < -0.4 is 11.4 Å². The molecule has 1 aliphatic rings. The molecule has 0 amide bonds. The first-order valence-electron chi connectivity index (χ1n) is 5.45. The SMILES string of the molecule is C[C@@]1(O)[C@H](O)C(F)(CO)O[C@H]1n1ccc(N)nc1=O. The lowest BCUT2D eigenvalue weighted by atomic mass is 9.95. The van der Waals surface area contributed by atoms with E-state index in [9.17, 15) is 19.4 Å². The van der Waals surface area contributed by atoms with Gasteiger partial charge in [0.25, 0.3) is 5.85 Å². The summed E-state index contributed by atoms with van der Waals surface area (Å²) in [7, 11) is 0. The second-order valence-electron chi connectivity index (χ2n) is 4.59. The van der Waals surface area contributed by atoms with E-state index < -0.39 is 36.1 Å². The van der Waals surface area contributed by atoms with E-state index in [-0.39, 0.29) is 5.82 Å². The largest absolute Gasteiger partial charge is 0.390 e. The van der Waals surface area contributed by atoms with E-state index in [2.05, 4.69) is 4.98 Å². The van der Waals surface area contributed by atoms with E-state index in [4.69, 9.17) is 15.6 Å². The number of nitrogens with zero attached hydrogens (tertiary/aromatic N) is 2. The maximum absolute atomic E-state index is 14.0. The standard InChI is InChI=1S/C10H14FN3O5/c1-9(18)6(16)10(11,4-15)19-7(9)14-3-2-5(12)13-8(14)17/h2-3,6-7,15-16,18H,4H2,1H3,(H2,12,13,17)/t6-,7+,9+,10?/m0/s1. The fourth-order valence-electron chi connectivity index (χ4n) is 2.01. The Morgan fingerprint density at radius 3 is 2.79 bits per heavy atom. The van der Waals surface area contributed by atoms with Crippen molar-refractivity contribution >= 4 is 5.82 Å². The van der Waals surface area contributed by atoms with Crippen LogP contribution in [0.1, 0.15) is 13.2 Å². The van der Waals surface area contributed by atoms with Gasteiger partial charge in [-0.15, -0.1) is 0 Å². The fraction of sp³-hybridized carbons (Fsp3) is 0.600. The highest BCUT2D eigenvalue weighted by Crippen LogP contribution is 2.44. The highest BCUT2D eigenvalue weighted by Gasteiger charge is 2.62. The van der Waals surface area contributed by atoms with Crippen molar-refractivity contribution in [3.63, 3.8) is 0 Å². The zero-order valence-corrected chi connectivity index (χ0v) is 10.0. The Bertz CT molecular complexity index is 548. The minimum Gasteiger partial charge on any atom is -0.390 e. The van der Waals surface area contributed by atoms with Crippen LogP contribution in [0.5, 0.6) is 0 Å². The number of hydrogen-bond donors (Lipinski definition) is 4. The summed E-state index contributed by atoms with van der Waals surface area (Å²) < 4.78 is 19.6. The summed E-state index contributed by atoms with van der Waals surface area (Å²) >= 11 is 0. The molecule has 0 aromatic carbocycles. The van der Waals surface area contributed by atoms with E-state index >= 15 is 0 Å². The minimum absolute atomic E-state index is 0.0480. The molecule has 0 radical (unpaired) electrons. The molecule has 2 rings (SSSR count). The monoisotopic (exact) mass is 275 g/mol. The number of aliphatic hydroxyl groups is 3. The van der Waals surface area contributed by atoms with Gasteiger partial charge in [0.15, 0.2) is 6.23 Å². The van der Waals surface area contributed by atoms with Crippen LogP contribution in [0.4, 0.5) is 10.2 Å². The van der Waals surface area contributed by atoms with Crippen molar-refractivity contribution in [1.82, 2.24) is 9.55 Å². The number of aromatic nitrogens is 2. The van der Waals surface area contributed by atoms with Crippen molar-refractivity contribution in [3.8, 4) is 0 Å². The number of anilines is 1. The smallest absolute Gasteiger partial charge is 0.351 e. The quantitative estimate of drug-likeness (QED) is 0.497. The first-order valence-corrected chi connectivity index (χ1v) is 5.45. The van der Waals surface area contributed by atoms with Crippen LogP contribution in [0, 0.1) is 0 Å². The maximum atomic E-state index is 14.0. The van der Waals surface area contributed by atoms with Crippen LogP contribution in [0.25, 0.3) is 0 Å². The molecule has 106 valence electrons. The van der Waals surface area contributed by atoms with Crippen molar-refractivity contribution in [1.29, 1.82) is 0 Å². The third-order valence-electron chi connectivity index (χ3n) is 3.09. The van der Waals surface area contributed by atoms with Gasteiger partial charge in [-0.1, -0.05) is 0 Å². The van der Waals surface area contributed by atoms with Crippen LogP contribution in [0.15, 0.2) is 17.1 Å². The Hall–Kier alpha value is -1.55. The van der Waals surface area contributed by atoms with Gasteiger partial charge in [-0.3, -0.25) is 4.57 Å². The number of ether oxygens (including phenoxy) is 1. The van der Waals surface area contributed by atoms with Gasteiger partial charge in [-0.25, -0.2) is 9.18 Å². The predicted octanol–water partition coefficient (Wildman–Crippen LogP) is -1.88. The molecule has 0 spiro atoms. The lowest BCUT2D eigenvalue weighted by Crippen LogP contribution is -2.49. The third kappa shape index (κ3) is 2.00. The summed E-state index contributed by atoms with van der Waals surface area (Å²) in [4.78, 5) is 15.0. The summed E-state index contributed by atoms with van der Waals surface area (Å²) in [5.41, 5.74) is 2.31. The summed E-state index contributed by atoms with van der Waals surface area (Å²) in [5.74, 6) is -2.91. The molecule has 0 bridgehead atoms. The number of rotatable bonds is 2. The topological polar surface area (TPSA) is 131 Å². The Kier molecular flexibility index (Phi) is 3.09.